The van der Waals surface area contributed by atoms with Crippen molar-refractivity contribution in [3.63, 3.8) is 0 Å². The van der Waals surface area contributed by atoms with Crippen LogP contribution in [0.15, 0.2) is 42.0 Å². The number of likely N-dealkylation sites (tertiary alicyclic amines) is 1. The number of benzene rings is 1. The molecule has 2 atom stereocenters. The fourth-order valence-electron chi connectivity index (χ4n) is 3.81. The predicted octanol–water partition coefficient (Wildman–Crippen LogP) is 1.90. The second kappa shape index (κ2) is 12.0. The number of nitrogens with one attached hydrogen (secondary N) is 1. The van der Waals surface area contributed by atoms with Gasteiger partial charge in [0, 0.05) is 19.2 Å². The third-order valence-electron chi connectivity index (χ3n) is 5.63. The maximum Gasteiger partial charge on any atom is 0.329 e. The highest BCUT2D eigenvalue weighted by atomic mass is 16.5. The Kier molecular flexibility index (Phi) is 9.43. The Morgan fingerprint density at radius 1 is 1.25 bits per heavy atom. The van der Waals surface area contributed by atoms with Crippen molar-refractivity contribution >= 4 is 24.2 Å². The number of hydrogen-bond acceptors (Lipinski definition) is 5. The van der Waals surface area contributed by atoms with Crippen LogP contribution in [0.5, 0.6) is 0 Å². The van der Waals surface area contributed by atoms with Crippen LogP contribution in [0, 0.1) is 5.92 Å². The topological polar surface area (TPSA) is 96.0 Å². The van der Waals surface area contributed by atoms with Crippen LogP contribution < -0.4 is 5.32 Å². The SMILES string of the molecule is CC(=CC(C(C)C)N(C)C(=O)CNC=O)C(=O)N1CCC[C@H]1C(=O)OCc1ccccc1. The van der Waals surface area contributed by atoms with Gasteiger partial charge in [0.1, 0.15) is 12.6 Å². The maximum absolute atomic E-state index is 13.1. The highest BCUT2D eigenvalue weighted by Crippen LogP contribution is 2.22. The third kappa shape index (κ3) is 6.67. The fourth-order valence-corrected chi connectivity index (χ4v) is 3.81. The van der Waals surface area contributed by atoms with E-state index < -0.39 is 12.0 Å². The van der Waals surface area contributed by atoms with Crippen LogP contribution >= 0.6 is 0 Å². The van der Waals surface area contributed by atoms with Crippen LogP contribution in [0.1, 0.15) is 39.2 Å². The molecular formula is C24H33N3O5. The Morgan fingerprint density at radius 2 is 1.94 bits per heavy atom. The van der Waals surface area contributed by atoms with Gasteiger partial charge in [-0.15, -0.1) is 0 Å². The number of amides is 3. The number of nitrogens with zero attached hydrogens (tertiary/aromatic N) is 2. The minimum atomic E-state index is -0.608. The molecule has 1 aromatic rings. The third-order valence-corrected chi connectivity index (χ3v) is 5.63. The first-order valence-electron chi connectivity index (χ1n) is 10.9. The standard InChI is InChI=1S/C24H33N3O5/c1-17(2)21(26(4)22(29)14-25-16-28)13-18(3)23(30)27-12-8-11-20(27)24(31)32-15-19-9-6-5-7-10-19/h5-7,9-10,13,16-17,20-21H,8,11-12,14-15H2,1-4H3,(H,25,28)/t20-,21?/m0/s1. The predicted molar refractivity (Wildman–Crippen MR) is 120 cm³/mol. The van der Waals surface area contributed by atoms with E-state index in [1.54, 1.807) is 24.9 Å². The first kappa shape index (κ1) is 25.1. The van der Waals surface area contributed by atoms with Crippen molar-refractivity contribution in [2.45, 2.75) is 52.3 Å². The van der Waals surface area contributed by atoms with Crippen LogP contribution in [0.4, 0.5) is 0 Å². The van der Waals surface area contributed by atoms with Crippen LogP contribution in [0.2, 0.25) is 0 Å². The molecule has 0 aromatic heterocycles. The summed E-state index contributed by atoms with van der Waals surface area (Å²) >= 11 is 0. The number of ether oxygens (including phenoxy) is 1. The van der Waals surface area contributed by atoms with Gasteiger partial charge in [0.25, 0.3) is 0 Å². The first-order valence-corrected chi connectivity index (χ1v) is 10.9. The summed E-state index contributed by atoms with van der Waals surface area (Å²) in [7, 11) is 1.65. The van der Waals surface area contributed by atoms with Crippen LogP contribution in [-0.4, -0.2) is 66.2 Å². The maximum atomic E-state index is 13.1. The van der Waals surface area contributed by atoms with E-state index in [2.05, 4.69) is 5.32 Å². The molecule has 0 saturated carbocycles. The number of esters is 1. The summed E-state index contributed by atoms with van der Waals surface area (Å²) in [6, 6.07) is 8.48. The number of carbonyl (C=O) groups is 4. The molecule has 0 spiro atoms. The van der Waals surface area contributed by atoms with E-state index >= 15 is 0 Å². The van der Waals surface area contributed by atoms with Crippen molar-refractivity contribution in [2.75, 3.05) is 20.1 Å². The molecule has 1 heterocycles. The monoisotopic (exact) mass is 443 g/mol. The first-order chi connectivity index (χ1) is 15.3. The van der Waals surface area contributed by atoms with E-state index in [0.29, 0.717) is 24.9 Å². The molecule has 8 heteroatoms. The molecule has 3 amide bonds. The molecule has 0 aliphatic carbocycles. The lowest BCUT2D eigenvalue weighted by molar-refractivity contribution is -0.153. The quantitative estimate of drug-likeness (QED) is 0.339. The molecule has 1 aromatic carbocycles. The molecule has 1 aliphatic heterocycles. The zero-order valence-electron chi connectivity index (χ0n) is 19.2. The normalized spacial score (nSPS) is 17.1. The Bertz CT molecular complexity index is 837. The van der Waals surface area contributed by atoms with Crippen molar-refractivity contribution in [3.8, 4) is 0 Å². The van der Waals surface area contributed by atoms with E-state index in [4.69, 9.17) is 4.74 Å². The number of hydrogen-bond donors (Lipinski definition) is 1. The summed E-state index contributed by atoms with van der Waals surface area (Å²) in [6.45, 7) is 6.16. The molecule has 0 radical (unpaired) electrons. The van der Waals surface area contributed by atoms with Gasteiger partial charge in [-0.3, -0.25) is 14.4 Å². The Morgan fingerprint density at radius 3 is 2.56 bits per heavy atom. The van der Waals surface area contributed by atoms with Gasteiger partial charge in [0.05, 0.1) is 12.6 Å². The molecule has 1 aliphatic rings. The van der Waals surface area contributed by atoms with Gasteiger partial charge < -0.3 is 19.9 Å². The lowest BCUT2D eigenvalue weighted by atomic mass is 9.99. The van der Waals surface area contributed by atoms with Crippen molar-refractivity contribution in [3.05, 3.63) is 47.5 Å². The van der Waals surface area contributed by atoms with E-state index in [-0.39, 0.29) is 36.9 Å². The summed E-state index contributed by atoms with van der Waals surface area (Å²) in [4.78, 5) is 51.7. The highest BCUT2D eigenvalue weighted by Gasteiger charge is 2.36. The van der Waals surface area contributed by atoms with Gasteiger partial charge in [0.2, 0.25) is 18.2 Å². The summed E-state index contributed by atoms with van der Waals surface area (Å²) in [6.07, 6.45) is 3.53. The molecule has 32 heavy (non-hydrogen) atoms. The smallest absolute Gasteiger partial charge is 0.329 e. The van der Waals surface area contributed by atoms with Crippen molar-refractivity contribution in [1.29, 1.82) is 0 Å². The van der Waals surface area contributed by atoms with E-state index in [0.717, 1.165) is 12.0 Å². The molecule has 1 saturated heterocycles. The minimum Gasteiger partial charge on any atom is -0.459 e. The molecule has 1 N–H and O–H groups in total. The highest BCUT2D eigenvalue weighted by molar-refractivity contribution is 5.96. The summed E-state index contributed by atoms with van der Waals surface area (Å²) in [5, 5.41) is 2.37. The zero-order chi connectivity index (χ0) is 23.7. The fraction of sp³-hybridized carbons (Fsp3) is 0.500. The van der Waals surface area contributed by atoms with Crippen LogP contribution in [0.25, 0.3) is 0 Å². The summed E-state index contributed by atoms with van der Waals surface area (Å²) in [5.74, 6) is -0.842. The average Bonchev–Trinajstić information content (AvgIpc) is 3.28. The lowest BCUT2D eigenvalue weighted by Crippen LogP contribution is -2.44. The van der Waals surface area contributed by atoms with E-state index in [1.807, 2.05) is 44.2 Å². The molecule has 0 bridgehead atoms. The van der Waals surface area contributed by atoms with Crippen molar-refractivity contribution < 1.29 is 23.9 Å². The average molecular weight is 444 g/mol. The van der Waals surface area contributed by atoms with Crippen molar-refractivity contribution in [1.82, 2.24) is 15.1 Å². The second-order valence-electron chi connectivity index (χ2n) is 8.34. The number of rotatable bonds is 10. The van der Waals surface area contributed by atoms with Crippen LogP contribution in [0.3, 0.4) is 0 Å². The molecule has 1 unspecified atom stereocenters. The van der Waals surface area contributed by atoms with Gasteiger partial charge in [-0.1, -0.05) is 50.3 Å². The lowest BCUT2D eigenvalue weighted by Gasteiger charge is -2.30. The zero-order valence-corrected chi connectivity index (χ0v) is 19.2. The van der Waals surface area contributed by atoms with Crippen molar-refractivity contribution in [2.24, 2.45) is 5.92 Å². The molecule has 174 valence electrons. The Labute approximate surface area is 189 Å². The van der Waals surface area contributed by atoms with Gasteiger partial charge in [-0.05, 0) is 31.2 Å². The van der Waals surface area contributed by atoms with Gasteiger partial charge in [-0.25, -0.2) is 4.79 Å². The molecular weight excluding hydrogens is 410 g/mol. The minimum absolute atomic E-state index is 0.0492. The Balaban J connectivity index is 2.07. The van der Waals surface area contributed by atoms with Gasteiger partial charge in [0.15, 0.2) is 0 Å². The largest absolute Gasteiger partial charge is 0.459 e. The van der Waals surface area contributed by atoms with Gasteiger partial charge >= 0.3 is 5.97 Å². The Hall–Kier alpha value is -3.16. The number of likely N-dealkylation sites (N-methyl/N-ethyl adjacent to an activating group) is 1. The molecule has 8 nitrogen and oxygen atoms in total. The summed E-state index contributed by atoms with van der Waals surface area (Å²) in [5.41, 5.74) is 1.36. The summed E-state index contributed by atoms with van der Waals surface area (Å²) < 4.78 is 5.46. The van der Waals surface area contributed by atoms with E-state index in [1.165, 1.54) is 4.90 Å². The van der Waals surface area contributed by atoms with Gasteiger partial charge in [-0.2, -0.15) is 0 Å². The van der Waals surface area contributed by atoms with E-state index in [9.17, 15) is 19.2 Å². The number of carbonyl (C=O) groups excluding carboxylic acids is 4. The van der Waals surface area contributed by atoms with Crippen LogP contribution in [-0.2, 0) is 30.5 Å². The second-order valence-corrected chi connectivity index (χ2v) is 8.34. The molecule has 2 rings (SSSR count). The molecule has 1 fully saturated rings.